The minimum Gasteiger partial charge on any atom is -0.438 e. The quantitative estimate of drug-likeness (QED) is 0.715. The third-order valence-corrected chi connectivity index (χ3v) is 3.50. The van der Waals surface area contributed by atoms with E-state index >= 15 is 0 Å². The predicted molar refractivity (Wildman–Crippen MR) is 90.4 cm³/mol. The van der Waals surface area contributed by atoms with E-state index < -0.39 is 5.82 Å². The number of nitrogens with one attached hydrogen (secondary N) is 1. The van der Waals surface area contributed by atoms with Crippen LogP contribution in [-0.4, -0.2) is 22.0 Å². The normalized spacial score (nSPS) is 10.5. The van der Waals surface area contributed by atoms with E-state index in [9.17, 15) is 4.39 Å². The van der Waals surface area contributed by atoms with Gasteiger partial charge in [-0.05, 0) is 37.3 Å². The zero-order valence-corrected chi connectivity index (χ0v) is 13.2. The highest BCUT2D eigenvalue weighted by Gasteiger charge is 2.14. The van der Waals surface area contributed by atoms with Crippen LogP contribution < -0.4 is 15.8 Å². The summed E-state index contributed by atoms with van der Waals surface area (Å²) in [6.07, 6.45) is 3.24. The molecule has 3 aromatic rings. The van der Waals surface area contributed by atoms with Gasteiger partial charge in [-0.15, -0.1) is 0 Å². The Bertz CT molecular complexity index is 885. The molecule has 2 aromatic heterocycles. The fourth-order valence-electron chi connectivity index (χ4n) is 2.20. The lowest BCUT2D eigenvalue weighted by molar-refractivity contribution is 0.455. The van der Waals surface area contributed by atoms with E-state index in [1.165, 1.54) is 6.07 Å². The molecule has 24 heavy (non-hydrogen) atoms. The van der Waals surface area contributed by atoms with Gasteiger partial charge < -0.3 is 15.8 Å². The molecule has 2 heterocycles. The molecule has 122 valence electrons. The molecule has 0 radical (unpaired) electrons. The first kappa shape index (κ1) is 15.7. The smallest absolute Gasteiger partial charge is 0.228 e. The summed E-state index contributed by atoms with van der Waals surface area (Å²) in [6, 6.07) is 8.43. The van der Waals surface area contributed by atoms with E-state index in [0.29, 0.717) is 34.4 Å². The van der Waals surface area contributed by atoms with Crippen LogP contribution in [0.1, 0.15) is 5.56 Å². The lowest BCUT2D eigenvalue weighted by Crippen LogP contribution is -2.00. The molecule has 1 aromatic carbocycles. The molecule has 0 atom stereocenters. The second-order valence-electron chi connectivity index (χ2n) is 5.07. The number of pyridine rings is 1. The van der Waals surface area contributed by atoms with Crippen LogP contribution in [0.2, 0.25) is 0 Å². The highest BCUT2D eigenvalue weighted by atomic mass is 19.1. The third kappa shape index (κ3) is 2.96. The van der Waals surface area contributed by atoms with Crippen molar-refractivity contribution in [2.75, 3.05) is 18.1 Å². The Morgan fingerprint density at radius 2 is 1.96 bits per heavy atom. The first-order valence-electron chi connectivity index (χ1n) is 7.28. The first-order valence-corrected chi connectivity index (χ1v) is 7.28. The SMILES string of the molecule is CNc1nccc(-c2cccnc2Oc2ccc(N)c(F)c2C)n1. The Hall–Kier alpha value is -3.22. The maximum Gasteiger partial charge on any atom is 0.228 e. The van der Waals surface area contributed by atoms with Gasteiger partial charge in [0.2, 0.25) is 11.8 Å². The third-order valence-electron chi connectivity index (χ3n) is 3.50. The molecule has 7 heteroatoms. The average molecular weight is 325 g/mol. The van der Waals surface area contributed by atoms with Crippen LogP contribution in [0.25, 0.3) is 11.3 Å². The van der Waals surface area contributed by atoms with Gasteiger partial charge in [0.25, 0.3) is 0 Å². The Balaban J connectivity index is 2.03. The number of rotatable bonds is 4. The zero-order chi connectivity index (χ0) is 17.1. The van der Waals surface area contributed by atoms with Crippen LogP contribution in [0.3, 0.4) is 0 Å². The standard InChI is InChI=1S/C17H16FN5O/c1-10-14(6-5-12(19)15(10)18)24-16-11(4-3-8-21-16)13-7-9-22-17(20-2)23-13/h3-9H,19H2,1-2H3,(H,20,22,23). The van der Waals surface area contributed by atoms with Crippen molar-refractivity contribution in [2.24, 2.45) is 0 Å². The summed E-state index contributed by atoms with van der Waals surface area (Å²) < 4.78 is 19.8. The predicted octanol–water partition coefficient (Wildman–Crippen LogP) is 3.40. The fourth-order valence-corrected chi connectivity index (χ4v) is 2.20. The summed E-state index contributed by atoms with van der Waals surface area (Å²) in [6.45, 7) is 1.60. The fraction of sp³-hybridized carbons (Fsp3) is 0.118. The summed E-state index contributed by atoms with van der Waals surface area (Å²) in [4.78, 5) is 12.7. The molecule has 6 nitrogen and oxygen atoms in total. The summed E-state index contributed by atoms with van der Waals surface area (Å²) >= 11 is 0. The average Bonchev–Trinajstić information content (AvgIpc) is 2.62. The number of hydrogen-bond acceptors (Lipinski definition) is 6. The van der Waals surface area contributed by atoms with Crippen molar-refractivity contribution in [3.05, 3.63) is 54.1 Å². The topological polar surface area (TPSA) is 86.0 Å². The largest absolute Gasteiger partial charge is 0.438 e. The number of halogens is 1. The Kier molecular flexibility index (Phi) is 4.24. The monoisotopic (exact) mass is 325 g/mol. The molecule has 0 fully saturated rings. The lowest BCUT2D eigenvalue weighted by atomic mass is 10.1. The van der Waals surface area contributed by atoms with Gasteiger partial charge in [0.05, 0.1) is 16.9 Å². The van der Waals surface area contributed by atoms with Gasteiger partial charge in [0, 0.05) is 25.0 Å². The van der Waals surface area contributed by atoms with Gasteiger partial charge in [-0.1, -0.05) is 0 Å². The number of nitrogens with zero attached hydrogens (tertiary/aromatic N) is 3. The Morgan fingerprint density at radius 3 is 2.75 bits per heavy atom. The van der Waals surface area contributed by atoms with Crippen molar-refractivity contribution in [3.63, 3.8) is 0 Å². The maximum absolute atomic E-state index is 14.0. The zero-order valence-electron chi connectivity index (χ0n) is 13.2. The van der Waals surface area contributed by atoms with E-state index in [-0.39, 0.29) is 5.69 Å². The van der Waals surface area contributed by atoms with E-state index in [0.717, 1.165) is 0 Å². The van der Waals surface area contributed by atoms with Gasteiger partial charge in [0.15, 0.2) is 5.82 Å². The van der Waals surface area contributed by atoms with Crippen molar-refractivity contribution < 1.29 is 9.13 Å². The van der Waals surface area contributed by atoms with Crippen LogP contribution in [0.5, 0.6) is 11.6 Å². The van der Waals surface area contributed by atoms with Crippen LogP contribution in [0, 0.1) is 12.7 Å². The molecule has 0 aliphatic carbocycles. The van der Waals surface area contributed by atoms with E-state index in [1.807, 2.05) is 6.07 Å². The van der Waals surface area contributed by atoms with Gasteiger partial charge in [-0.3, -0.25) is 0 Å². The van der Waals surface area contributed by atoms with Crippen LogP contribution in [0.4, 0.5) is 16.0 Å². The molecule has 0 amide bonds. The number of anilines is 2. The van der Waals surface area contributed by atoms with E-state index in [4.69, 9.17) is 10.5 Å². The van der Waals surface area contributed by atoms with Gasteiger partial charge in [0.1, 0.15) is 5.75 Å². The lowest BCUT2D eigenvalue weighted by Gasteiger charge is -2.12. The maximum atomic E-state index is 14.0. The van der Waals surface area contributed by atoms with Gasteiger partial charge in [-0.2, -0.15) is 0 Å². The van der Waals surface area contributed by atoms with Crippen LogP contribution in [-0.2, 0) is 0 Å². The van der Waals surface area contributed by atoms with Crippen molar-refractivity contribution in [2.45, 2.75) is 6.92 Å². The molecular formula is C17H16FN5O. The highest BCUT2D eigenvalue weighted by Crippen LogP contribution is 2.33. The molecule has 3 rings (SSSR count). The minimum absolute atomic E-state index is 0.0792. The van der Waals surface area contributed by atoms with Crippen LogP contribution >= 0.6 is 0 Å². The van der Waals surface area contributed by atoms with Crippen LogP contribution in [0.15, 0.2) is 42.7 Å². The molecular weight excluding hydrogens is 309 g/mol. The van der Waals surface area contributed by atoms with Crippen molar-refractivity contribution in [1.82, 2.24) is 15.0 Å². The van der Waals surface area contributed by atoms with Crippen molar-refractivity contribution >= 4 is 11.6 Å². The molecule has 0 saturated heterocycles. The number of ether oxygens (including phenoxy) is 1. The number of benzene rings is 1. The van der Waals surface area contributed by atoms with Gasteiger partial charge >= 0.3 is 0 Å². The number of aromatic nitrogens is 3. The minimum atomic E-state index is -0.496. The molecule has 0 unspecified atom stereocenters. The Morgan fingerprint density at radius 1 is 1.12 bits per heavy atom. The van der Waals surface area contributed by atoms with Crippen molar-refractivity contribution in [3.8, 4) is 22.9 Å². The second-order valence-corrected chi connectivity index (χ2v) is 5.07. The summed E-state index contributed by atoms with van der Waals surface area (Å²) in [5.41, 5.74) is 7.29. The number of nitrogen functional groups attached to an aromatic ring is 1. The molecule has 0 aliphatic rings. The van der Waals surface area contributed by atoms with E-state index in [2.05, 4.69) is 20.3 Å². The second kappa shape index (κ2) is 6.49. The Labute approximate surface area is 138 Å². The molecule has 0 bridgehead atoms. The molecule has 0 aliphatic heterocycles. The summed E-state index contributed by atoms with van der Waals surface area (Å²) in [5, 5.41) is 2.88. The summed E-state index contributed by atoms with van der Waals surface area (Å²) in [7, 11) is 1.74. The molecule has 3 N–H and O–H groups in total. The van der Waals surface area contributed by atoms with Crippen molar-refractivity contribution in [1.29, 1.82) is 0 Å². The van der Waals surface area contributed by atoms with E-state index in [1.54, 1.807) is 44.6 Å². The first-order chi connectivity index (χ1) is 11.6. The molecule has 0 spiro atoms. The highest BCUT2D eigenvalue weighted by molar-refractivity contribution is 5.66. The summed E-state index contributed by atoms with van der Waals surface area (Å²) in [5.74, 6) is 0.663. The number of nitrogens with two attached hydrogens (primary N) is 1. The molecule has 0 saturated carbocycles. The number of hydrogen-bond donors (Lipinski definition) is 2. The van der Waals surface area contributed by atoms with Gasteiger partial charge in [-0.25, -0.2) is 19.3 Å².